The fraction of sp³-hybridized carbons (Fsp3) is 0.514. The van der Waals surface area contributed by atoms with Crippen LogP contribution >= 0.6 is 22.7 Å². The van der Waals surface area contributed by atoms with Gasteiger partial charge in [-0.1, -0.05) is 5.92 Å². The molecule has 7 unspecified atom stereocenters. The third-order valence-corrected chi connectivity index (χ3v) is 12.4. The number of Topliss-reactive ketones (excluding diaryl/α,β-unsaturated/α-hetero) is 1. The second-order valence-electron chi connectivity index (χ2n) is 13.5. The van der Waals surface area contributed by atoms with E-state index in [4.69, 9.17) is 5.73 Å². The molecule has 0 radical (unpaired) electrons. The number of thiophene rings is 2. The Kier molecular flexibility index (Phi) is 11.9. The molecule has 1 aromatic carbocycles. The van der Waals surface area contributed by atoms with Crippen molar-refractivity contribution in [3.8, 4) is 27.3 Å². The van der Waals surface area contributed by atoms with E-state index in [1.54, 1.807) is 37.4 Å². The van der Waals surface area contributed by atoms with Gasteiger partial charge in [-0.25, -0.2) is 0 Å². The normalized spacial score (nSPS) is 24.5. The van der Waals surface area contributed by atoms with Crippen molar-refractivity contribution in [3.05, 3.63) is 57.8 Å². The van der Waals surface area contributed by atoms with Gasteiger partial charge in [-0.05, 0) is 118 Å². The minimum absolute atomic E-state index is 0.0746. The van der Waals surface area contributed by atoms with Gasteiger partial charge in [0.15, 0.2) is 11.7 Å². The van der Waals surface area contributed by atoms with Crippen molar-refractivity contribution in [1.29, 1.82) is 0 Å². The Labute approximate surface area is 291 Å². The lowest BCUT2D eigenvalue weighted by Crippen LogP contribution is -2.50. The van der Waals surface area contributed by atoms with Gasteiger partial charge in [0.1, 0.15) is 5.75 Å². The molecular formula is C37H48N4O5S2. The number of hydrogen-bond acceptors (Lipinski definition) is 9. The van der Waals surface area contributed by atoms with Crippen LogP contribution in [0.2, 0.25) is 0 Å². The standard InChI is InChI=1S/C37H48N4O5S2/c1-4-5-28-7-9-32(47-28)33-10-11-34(48-33)35(46)29-8-6-24(18-37(29)13-12-25(19-37)31(45)21-42)30(41-36(38)39-3)16-23-14-26(17-27(44)15-23)40-20-22(2)43/h7,9-11,14-15,17,22,24-25,29-31,40,42-45H,6,8,12-13,16,18-21H2,1-3H3,(H3,38,39,41). The predicted molar refractivity (Wildman–Crippen MR) is 195 cm³/mol. The van der Waals surface area contributed by atoms with E-state index < -0.39 is 12.2 Å². The fourth-order valence-electron chi connectivity index (χ4n) is 7.82. The van der Waals surface area contributed by atoms with E-state index in [1.807, 2.05) is 31.2 Å². The van der Waals surface area contributed by atoms with E-state index in [1.165, 1.54) is 11.3 Å². The summed E-state index contributed by atoms with van der Waals surface area (Å²) >= 11 is 3.16. The quantitative estimate of drug-likeness (QED) is 0.0588. The fourth-order valence-corrected chi connectivity index (χ4v) is 9.82. The molecule has 0 saturated heterocycles. The number of aromatic hydroxyl groups is 1. The molecule has 2 aliphatic carbocycles. The Balaban J connectivity index is 1.42. The van der Waals surface area contributed by atoms with Gasteiger partial charge in [0.05, 0.1) is 28.6 Å². The first-order valence-electron chi connectivity index (χ1n) is 16.7. The van der Waals surface area contributed by atoms with E-state index in [0.717, 1.165) is 56.4 Å². The minimum atomic E-state index is -0.815. The molecule has 0 bridgehead atoms. The number of nitrogens with zero attached hydrogens (tertiary/aromatic N) is 1. The molecule has 2 heterocycles. The molecule has 5 rings (SSSR count). The van der Waals surface area contributed by atoms with E-state index in [-0.39, 0.29) is 47.4 Å². The molecule has 48 heavy (non-hydrogen) atoms. The van der Waals surface area contributed by atoms with Crippen LogP contribution in [0.3, 0.4) is 0 Å². The van der Waals surface area contributed by atoms with Crippen molar-refractivity contribution in [2.24, 2.45) is 33.9 Å². The van der Waals surface area contributed by atoms with Gasteiger partial charge in [0.2, 0.25) is 0 Å². The number of nitrogens with two attached hydrogens (primary N) is 1. The lowest BCUT2D eigenvalue weighted by Gasteiger charge is -2.47. The van der Waals surface area contributed by atoms with Crippen LogP contribution in [0.5, 0.6) is 5.75 Å². The van der Waals surface area contributed by atoms with Crippen molar-refractivity contribution in [2.45, 2.75) is 77.0 Å². The summed E-state index contributed by atoms with van der Waals surface area (Å²) in [6.45, 7) is 3.59. The van der Waals surface area contributed by atoms with Crippen molar-refractivity contribution in [3.63, 3.8) is 0 Å². The summed E-state index contributed by atoms with van der Waals surface area (Å²) in [6.07, 6.45) is 3.71. The number of aliphatic hydroxyl groups is 3. The first-order valence-corrected chi connectivity index (χ1v) is 18.4. The topological polar surface area (TPSA) is 160 Å². The van der Waals surface area contributed by atoms with Gasteiger partial charge >= 0.3 is 0 Å². The number of carbonyl (C=O) groups is 1. The first kappa shape index (κ1) is 35.9. The van der Waals surface area contributed by atoms with Crippen molar-refractivity contribution in [2.75, 3.05) is 25.5 Å². The Morgan fingerprint density at radius 2 is 1.83 bits per heavy atom. The highest BCUT2D eigenvalue weighted by Crippen LogP contribution is 2.58. The van der Waals surface area contributed by atoms with E-state index in [0.29, 0.717) is 31.8 Å². The third-order valence-electron chi connectivity index (χ3n) is 10.1. The maximum atomic E-state index is 14.4. The molecule has 2 aromatic heterocycles. The summed E-state index contributed by atoms with van der Waals surface area (Å²) in [6, 6.07) is 13.3. The summed E-state index contributed by atoms with van der Waals surface area (Å²) in [5.41, 5.74) is 7.54. The molecule has 3 aromatic rings. The zero-order valence-electron chi connectivity index (χ0n) is 27.9. The van der Waals surface area contributed by atoms with Crippen molar-refractivity contribution >= 4 is 40.1 Å². The number of carbonyl (C=O) groups excluding carboxylic acids is 1. The Morgan fingerprint density at radius 3 is 2.56 bits per heavy atom. The van der Waals surface area contributed by atoms with Crippen LogP contribution in [-0.2, 0) is 6.42 Å². The van der Waals surface area contributed by atoms with Gasteiger partial charge in [-0.3, -0.25) is 9.79 Å². The average Bonchev–Trinajstić information content (AvgIpc) is 3.83. The minimum Gasteiger partial charge on any atom is -0.508 e. The number of ketones is 1. The van der Waals surface area contributed by atoms with Gasteiger partial charge in [0, 0.05) is 47.1 Å². The molecule has 8 N–H and O–H groups in total. The number of nitrogens with one attached hydrogen (secondary N) is 2. The van der Waals surface area contributed by atoms with E-state index >= 15 is 0 Å². The van der Waals surface area contributed by atoms with Crippen molar-refractivity contribution in [1.82, 2.24) is 5.32 Å². The SMILES string of the molecule is CC#Cc1ccc(-c2ccc(C(=O)C3CCC(C(Cc4cc(O)cc(NCC(C)O)c4)NC(N)=NC)CC34CCC(C(O)CO)C4)s2)s1. The molecular weight excluding hydrogens is 645 g/mol. The van der Waals surface area contributed by atoms with Crippen LogP contribution in [0.4, 0.5) is 5.69 Å². The van der Waals surface area contributed by atoms with Crippen LogP contribution in [0, 0.1) is 35.0 Å². The molecule has 2 fully saturated rings. The summed E-state index contributed by atoms with van der Waals surface area (Å²) in [5.74, 6) is 6.54. The molecule has 2 saturated carbocycles. The Hall–Kier alpha value is -3.40. The predicted octanol–water partition coefficient (Wildman–Crippen LogP) is 5.23. The number of aliphatic hydroxyl groups excluding tert-OH is 3. The summed E-state index contributed by atoms with van der Waals surface area (Å²) in [4.78, 5) is 22.5. The summed E-state index contributed by atoms with van der Waals surface area (Å²) < 4.78 is 0. The number of phenolic OH excluding ortho intramolecular Hbond substituents is 1. The smallest absolute Gasteiger partial charge is 0.188 e. The number of anilines is 1. The second kappa shape index (κ2) is 15.9. The first-order chi connectivity index (χ1) is 23.0. The van der Waals surface area contributed by atoms with Gasteiger partial charge < -0.3 is 36.8 Å². The molecule has 11 heteroatoms. The third kappa shape index (κ3) is 8.41. The van der Waals surface area contributed by atoms with Crippen LogP contribution in [0.15, 0.2) is 47.5 Å². The van der Waals surface area contributed by atoms with Gasteiger partial charge in [-0.2, -0.15) is 0 Å². The van der Waals surface area contributed by atoms with E-state index in [2.05, 4.69) is 33.5 Å². The number of benzene rings is 1. The number of phenols is 1. The number of aliphatic imine (C=N–C) groups is 1. The maximum absolute atomic E-state index is 14.4. The number of hydrogen-bond donors (Lipinski definition) is 7. The summed E-state index contributed by atoms with van der Waals surface area (Å²) in [5, 5.41) is 47.4. The van der Waals surface area contributed by atoms with Crippen LogP contribution in [0.25, 0.3) is 9.75 Å². The van der Waals surface area contributed by atoms with Gasteiger partial charge in [0.25, 0.3) is 0 Å². The molecule has 9 nitrogen and oxygen atoms in total. The van der Waals surface area contributed by atoms with Crippen molar-refractivity contribution < 1.29 is 25.2 Å². The molecule has 7 atom stereocenters. The highest BCUT2D eigenvalue weighted by atomic mass is 32.1. The second-order valence-corrected chi connectivity index (χ2v) is 15.6. The van der Waals surface area contributed by atoms with Crippen LogP contribution in [-0.4, -0.2) is 70.6 Å². The number of guanidine groups is 1. The van der Waals surface area contributed by atoms with Gasteiger partial charge in [-0.15, -0.1) is 28.6 Å². The lowest BCUT2D eigenvalue weighted by molar-refractivity contribution is 0.0187. The Morgan fingerprint density at radius 1 is 1.08 bits per heavy atom. The molecule has 0 aliphatic heterocycles. The maximum Gasteiger partial charge on any atom is 0.188 e. The van der Waals surface area contributed by atoms with E-state index in [9.17, 15) is 25.2 Å². The highest BCUT2D eigenvalue weighted by Gasteiger charge is 2.53. The highest BCUT2D eigenvalue weighted by molar-refractivity contribution is 7.23. The lowest BCUT2D eigenvalue weighted by atomic mass is 9.58. The van der Waals surface area contributed by atoms with Crippen LogP contribution in [0.1, 0.15) is 72.5 Å². The molecule has 0 amide bonds. The number of rotatable bonds is 12. The molecule has 2 aliphatic rings. The average molecular weight is 693 g/mol. The summed E-state index contributed by atoms with van der Waals surface area (Å²) in [7, 11) is 1.64. The monoisotopic (exact) mass is 692 g/mol. The molecule has 258 valence electrons. The van der Waals surface area contributed by atoms with Crippen LogP contribution < -0.4 is 16.4 Å². The zero-order chi connectivity index (χ0) is 34.4. The zero-order valence-corrected chi connectivity index (χ0v) is 29.5. The molecule has 1 spiro atoms. The largest absolute Gasteiger partial charge is 0.508 e. The Bertz CT molecular complexity index is 1660.